The number of rotatable bonds is 5. The van der Waals surface area contributed by atoms with Gasteiger partial charge in [0, 0.05) is 20.0 Å². The summed E-state index contributed by atoms with van der Waals surface area (Å²) in [5.41, 5.74) is 2.34. The van der Waals surface area contributed by atoms with E-state index in [0.717, 1.165) is 16.4 Å². The smallest absolute Gasteiger partial charge is 0.269 e. The molecule has 0 atom stereocenters. The van der Waals surface area contributed by atoms with Gasteiger partial charge in [0.25, 0.3) is 5.91 Å². The Morgan fingerprint density at radius 3 is 2.76 bits per heavy atom. The molecule has 2 heterocycles. The van der Waals surface area contributed by atoms with Crippen molar-refractivity contribution in [3.05, 3.63) is 32.5 Å². The van der Waals surface area contributed by atoms with E-state index < -0.39 is 0 Å². The lowest BCUT2D eigenvalue weighted by Crippen LogP contribution is -2.27. The molecule has 0 saturated carbocycles. The normalized spacial score (nSPS) is 11.1. The summed E-state index contributed by atoms with van der Waals surface area (Å²) in [7, 11) is 1.78. The molecule has 0 bridgehead atoms. The van der Waals surface area contributed by atoms with Crippen LogP contribution in [0.1, 0.15) is 46.6 Å². The monoisotopic (exact) mass is 326 g/mol. The van der Waals surface area contributed by atoms with E-state index in [9.17, 15) is 4.79 Å². The van der Waals surface area contributed by atoms with Gasteiger partial charge >= 0.3 is 0 Å². The molecule has 0 unspecified atom stereocenters. The molecule has 0 aliphatic heterocycles. The maximum absolute atomic E-state index is 12.1. The van der Waals surface area contributed by atoms with E-state index in [0.29, 0.717) is 28.9 Å². The highest BCUT2D eigenvalue weighted by atomic mass is 35.5. The molecule has 21 heavy (non-hydrogen) atoms. The topological polar surface area (TPSA) is 59.8 Å². The summed E-state index contributed by atoms with van der Waals surface area (Å²) in [4.78, 5) is 16.5. The van der Waals surface area contributed by atoms with E-state index in [1.165, 1.54) is 11.3 Å². The summed E-state index contributed by atoms with van der Waals surface area (Å²) in [5.74, 6) is 0.189. The Balaban J connectivity index is 1.92. The van der Waals surface area contributed by atoms with Gasteiger partial charge in [-0.15, -0.1) is 11.3 Å². The minimum absolute atomic E-state index is 0.115. The second kappa shape index (κ2) is 6.58. The molecule has 0 radical (unpaired) electrons. The zero-order valence-corrected chi connectivity index (χ0v) is 14.2. The molecule has 0 fully saturated rings. The average Bonchev–Trinajstić information content (AvgIpc) is 2.93. The Kier molecular flexibility index (Phi) is 5.00. The van der Waals surface area contributed by atoms with Gasteiger partial charge in [0.15, 0.2) is 0 Å². The molecule has 0 aliphatic rings. The van der Waals surface area contributed by atoms with Crippen molar-refractivity contribution in [2.24, 2.45) is 7.05 Å². The van der Waals surface area contributed by atoms with E-state index in [2.05, 4.69) is 29.2 Å². The highest BCUT2D eigenvalue weighted by Gasteiger charge is 2.14. The van der Waals surface area contributed by atoms with Crippen LogP contribution in [0, 0.1) is 6.92 Å². The van der Waals surface area contributed by atoms with Gasteiger partial charge in [0.1, 0.15) is 10.0 Å². The molecule has 5 nitrogen and oxygen atoms in total. The predicted molar refractivity (Wildman–Crippen MR) is 85.2 cm³/mol. The zero-order valence-electron chi connectivity index (χ0n) is 12.6. The number of hydrogen-bond acceptors (Lipinski definition) is 4. The van der Waals surface area contributed by atoms with Crippen molar-refractivity contribution in [2.75, 3.05) is 6.54 Å². The number of thiazole rings is 1. The van der Waals surface area contributed by atoms with Crippen LogP contribution in [-0.2, 0) is 13.5 Å². The molecular weight excluding hydrogens is 308 g/mol. The summed E-state index contributed by atoms with van der Waals surface area (Å²) in [6, 6.07) is 1.84. The minimum Gasteiger partial charge on any atom is -0.350 e. The Hall–Kier alpha value is -1.40. The number of carbonyl (C=O) groups is 1. The van der Waals surface area contributed by atoms with Crippen molar-refractivity contribution in [3.8, 4) is 0 Å². The number of hydrogen-bond donors (Lipinski definition) is 1. The molecule has 2 aromatic heterocycles. The van der Waals surface area contributed by atoms with Gasteiger partial charge in [-0.3, -0.25) is 9.48 Å². The number of amides is 1. The molecule has 0 aromatic carbocycles. The fraction of sp³-hybridized carbons (Fsp3) is 0.500. The number of carbonyl (C=O) groups excluding carboxylic acids is 1. The van der Waals surface area contributed by atoms with E-state index in [-0.39, 0.29) is 5.91 Å². The van der Waals surface area contributed by atoms with E-state index in [4.69, 9.17) is 11.6 Å². The van der Waals surface area contributed by atoms with Crippen LogP contribution in [0.25, 0.3) is 0 Å². The summed E-state index contributed by atoms with van der Waals surface area (Å²) in [6.45, 7) is 6.52. The van der Waals surface area contributed by atoms with Gasteiger partial charge in [-0.1, -0.05) is 25.4 Å². The Labute approximate surface area is 133 Å². The lowest BCUT2D eigenvalue weighted by atomic mass is 10.1. The van der Waals surface area contributed by atoms with Crippen LogP contribution in [0.4, 0.5) is 0 Å². The SMILES string of the molecule is Cc1nc(CCNC(=O)c2cc(C(C)C)nn2C)sc1Cl. The van der Waals surface area contributed by atoms with Crippen LogP contribution in [-0.4, -0.2) is 27.2 Å². The average molecular weight is 327 g/mol. The van der Waals surface area contributed by atoms with E-state index in [1.807, 2.05) is 13.0 Å². The van der Waals surface area contributed by atoms with Crippen molar-refractivity contribution in [2.45, 2.75) is 33.1 Å². The van der Waals surface area contributed by atoms with Crippen LogP contribution in [0.2, 0.25) is 4.34 Å². The first kappa shape index (κ1) is 16.0. The molecule has 0 aliphatic carbocycles. The molecule has 0 spiro atoms. The molecule has 114 valence electrons. The van der Waals surface area contributed by atoms with Crippen molar-refractivity contribution in [1.82, 2.24) is 20.1 Å². The molecular formula is C14H19ClN4OS. The molecule has 2 aromatic rings. The highest BCUT2D eigenvalue weighted by Crippen LogP contribution is 2.23. The Morgan fingerprint density at radius 2 is 2.24 bits per heavy atom. The Morgan fingerprint density at radius 1 is 1.52 bits per heavy atom. The van der Waals surface area contributed by atoms with Gasteiger partial charge in [-0.25, -0.2) is 4.98 Å². The molecule has 1 N–H and O–H groups in total. The first-order valence-corrected chi connectivity index (χ1v) is 8.02. The third kappa shape index (κ3) is 3.83. The number of nitrogens with zero attached hydrogens (tertiary/aromatic N) is 3. The summed E-state index contributed by atoms with van der Waals surface area (Å²) < 4.78 is 2.33. The summed E-state index contributed by atoms with van der Waals surface area (Å²) in [5, 5.41) is 8.17. The summed E-state index contributed by atoms with van der Waals surface area (Å²) in [6.07, 6.45) is 0.679. The molecule has 2 rings (SSSR count). The maximum atomic E-state index is 12.1. The van der Waals surface area contributed by atoms with Gasteiger partial charge in [0.2, 0.25) is 0 Å². The standard InChI is InChI=1S/C14H19ClN4OS/c1-8(2)10-7-11(19(4)18-10)14(20)16-6-5-12-17-9(3)13(15)21-12/h7-8H,5-6H2,1-4H3,(H,16,20). The van der Waals surface area contributed by atoms with Crippen LogP contribution >= 0.6 is 22.9 Å². The summed E-state index contributed by atoms with van der Waals surface area (Å²) >= 11 is 7.44. The van der Waals surface area contributed by atoms with Crippen LogP contribution in [0.5, 0.6) is 0 Å². The van der Waals surface area contributed by atoms with Crippen molar-refractivity contribution < 1.29 is 4.79 Å². The fourth-order valence-electron chi connectivity index (χ4n) is 1.90. The first-order chi connectivity index (χ1) is 9.88. The number of nitrogens with one attached hydrogen (secondary N) is 1. The van der Waals surface area contributed by atoms with Gasteiger partial charge < -0.3 is 5.32 Å². The lowest BCUT2D eigenvalue weighted by Gasteiger charge is -2.03. The second-order valence-corrected chi connectivity index (χ2v) is 6.89. The second-order valence-electron chi connectivity index (χ2n) is 5.21. The van der Waals surface area contributed by atoms with Crippen LogP contribution < -0.4 is 5.32 Å². The number of halogens is 1. The van der Waals surface area contributed by atoms with E-state index in [1.54, 1.807) is 11.7 Å². The molecule has 0 saturated heterocycles. The predicted octanol–water partition coefficient (Wildman–Crippen LogP) is 2.93. The van der Waals surface area contributed by atoms with Crippen LogP contribution in [0.15, 0.2) is 6.07 Å². The van der Waals surface area contributed by atoms with Gasteiger partial charge in [-0.05, 0) is 18.9 Å². The molecule has 1 amide bonds. The first-order valence-electron chi connectivity index (χ1n) is 6.82. The van der Waals surface area contributed by atoms with Crippen molar-refractivity contribution in [3.63, 3.8) is 0 Å². The lowest BCUT2D eigenvalue weighted by molar-refractivity contribution is 0.0944. The van der Waals surface area contributed by atoms with Crippen LogP contribution in [0.3, 0.4) is 0 Å². The van der Waals surface area contributed by atoms with Crippen molar-refractivity contribution in [1.29, 1.82) is 0 Å². The number of aromatic nitrogens is 3. The third-order valence-corrected chi connectivity index (χ3v) is 4.64. The van der Waals surface area contributed by atoms with Crippen molar-refractivity contribution >= 4 is 28.8 Å². The quantitative estimate of drug-likeness (QED) is 0.919. The third-order valence-electron chi connectivity index (χ3n) is 3.13. The molecule has 7 heteroatoms. The van der Waals surface area contributed by atoms with Gasteiger partial charge in [0.05, 0.1) is 16.4 Å². The highest BCUT2D eigenvalue weighted by molar-refractivity contribution is 7.16. The van der Waals surface area contributed by atoms with Gasteiger partial charge in [-0.2, -0.15) is 5.10 Å². The fourth-order valence-corrected chi connectivity index (χ4v) is 2.99. The maximum Gasteiger partial charge on any atom is 0.269 e. The zero-order chi connectivity index (χ0) is 15.6. The number of aryl methyl sites for hydroxylation is 2. The largest absolute Gasteiger partial charge is 0.350 e. The minimum atomic E-state index is -0.115. The Bertz CT molecular complexity index is 628. The van der Waals surface area contributed by atoms with E-state index >= 15 is 0 Å².